The summed E-state index contributed by atoms with van der Waals surface area (Å²) < 4.78 is 0. The summed E-state index contributed by atoms with van der Waals surface area (Å²) in [5.74, 6) is 1.85. The van der Waals surface area contributed by atoms with Crippen LogP contribution in [0.2, 0.25) is 0 Å². The summed E-state index contributed by atoms with van der Waals surface area (Å²) >= 11 is 0. The van der Waals surface area contributed by atoms with E-state index in [9.17, 15) is 0 Å². The van der Waals surface area contributed by atoms with Crippen molar-refractivity contribution in [3.8, 4) is 0 Å². The first-order valence-electron chi connectivity index (χ1n) is 10.7. The summed E-state index contributed by atoms with van der Waals surface area (Å²) in [7, 11) is 2.26. The lowest BCUT2D eigenvalue weighted by Crippen LogP contribution is -2.50. The van der Waals surface area contributed by atoms with Crippen molar-refractivity contribution < 1.29 is 0 Å². The number of nitrogens with zero attached hydrogens (tertiary/aromatic N) is 3. The van der Waals surface area contributed by atoms with Crippen molar-refractivity contribution in [3.05, 3.63) is 0 Å². The fourth-order valence-corrected chi connectivity index (χ4v) is 6.05. The summed E-state index contributed by atoms with van der Waals surface area (Å²) in [4.78, 5) is 8.21. The van der Waals surface area contributed by atoms with Gasteiger partial charge in [0.05, 0.1) is 0 Å². The van der Waals surface area contributed by atoms with Crippen LogP contribution in [-0.2, 0) is 0 Å². The molecule has 3 heterocycles. The molecule has 4 aliphatic rings. The van der Waals surface area contributed by atoms with Gasteiger partial charge in [0.25, 0.3) is 0 Å². The van der Waals surface area contributed by atoms with Gasteiger partial charge in [0, 0.05) is 51.4 Å². The van der Waals surface area contributed by atoms with Crippen molar-refractivity contribution in [2.45, 2.75) is 70.9 Å². The van der Waals surface area contributed by atoms with E-state index in [2.05, 4.69) is 35.6 Å². The van der Waals surface area contributed by atoms with Gasteiger partial charge in [0.15, 0.2) is 0 Å². The Morgan fingerprint density at radius 1 is 0.958 bits per heavy atom. The second-order valence-electron chi connectivity index (χ2n) is 10.1. The molecule has 3 atom stereocenters. The van der Waals surface area contributed by atoms with Crippen LogP contribution in [0.5, 0.6) is 0 Å². The van der Waals surface area contributed by atoms with E-state index in [4.69, 9.17) is 0 Å². The molecule has 3 heteroatoms. The Labute approximate surface area is 149 Å². The highest BCUT2D eigenvalue weighted by Gasteiger charge is 2.49. The van der Waals surface area contributed by atoms with Gasteiger partial charge < -0.3 is 9.80 Å². The van der Waals surface area contributed by atoms with Gasteiger partial charge in [-0.1, -0.05) is 13.8 Å². The van der Waals surface area contributed by atoms with Crippen LogP contribution in [0.3, 0.4) is 0 Å². The van der Waals surface area contributed by atoms with Crippen molar-refractivity contribution in [1.29, 1.82) is 0 Å². The highest BCUT2D eigenvalue weighted by Crippen LogP contribution is 2.53. The standard InChI is InChI=1S/C21H39N3/c1-17(2)14-21(6-7-21)16-24-19-4-5-20(24)13-18(12-19)15-23-10-8-22(3)9-11-23/h17-20H,4-16H2,1-3H3/t18?,19-,20+. The Bertz CT molecular complexity index is 409. The molecule has 0 N–H and O–H groups in total. The molecule has 3 nitrogen and oxygen atoms in total. The number of likely N-dealkylation sites (N-methyl/N-ethyl adjacent to an activating group) is 1. The number of piperidine rings is 1. The minimum Gasteiger partial charge on any atom is -0.304 e. The summed E-state index contributed by atoms with van der Waals surface area (Å²) in [6.45, 7) is 12.8. The van der Waals surface area contributed by atoms with Crippen LogP contribution in [0.1, 0.15) is 58.8 Å². The maximum absolute atomic E-state index is 2.98. The molecule has 0 aromatic heterocycles. The minimum absolute atomic E-state index is 0.722. The Kier molecular flexibility index (Phi) is 4.96. The van der Waals surface area contributed by atoms with Gasteiger partial charge in [-0.15, -0.1) is 0 Å². The topological polar surface area (TPSA) is 9.72 Å². The molecular weight excluding hydrogens is 294 g/mol. The van der Waals surface area contributed by atoms with E-state index in [1.54, 1.807) is 0 Å². The molecule has 2 bridgehead atoms. The lowest BCUT2D eigenvalue weighted by atomic mass is 9.87. The van der Waals surface area contributed by atoms with Gasteiger partial charge in [-0.3, -0.25) is 4.90 Å². The quantitative estimate of drug-likeness (QED) is 0.738. The van der Waals surface area contributed by atoms with Crippen molar-refractivity contribution in [2.75, 3.05) is 46.3 Å². The largest absolute Gasteiger partial charge is 0.304 e. The van der Waals surface area contributed by atoms with Gasteiger partial charge in [-0.25, -0.2) is 0 Å². The minimum atomic E-state index is 0.722. The molecule has 0 spiro atoms. The van der Waals surface area contributed by atoms with Crippen molar-refractivity contribution >= 4 is 0 Å². The average molecular weight is 334 g/mol. The number of fused-ring (bicyclic) bond motifs is 2. The third-order valence-corrected chi connectivity index (χ3v) is 7.41. The van der Waals surface area contributed by atoms with E-state index < -0.39 is 0 Å². The predicted molar refractivity (Wildman–Crippen MR) is 101 cm³/mol. The Morgan fingerprint density at radius 2 is 1.58 bits per heavy atom. The lowest BCUT2D eigenvalue weighted by Gasteiger charge is -2.43. The van der Waals surface area contributed by atoms with Crippen molar-refractivity contribution in [2.24, 2.45) is 17.3 Å². The molecule has 138 valence electrons. The zero-order chi connectivity index (χ0) is 16.7. The van der Waals surface area contributed by atoms with Crippen LogP contribution in [0.4, 0.5) is 0 Å². The predicted octanol–water partition coefficient (Wildman–Crippen LogP) is 3.30. The SMILES string of the molecule is CC(C)CC1(CN2[C@@H]3CC[C@H]2CC(CN2CCN(C)CC2)C3)CC1. The maximum atomic E-state index is 2.98. The van der Waals surface area contributed by atoms with E-state index in [0.717, 1.165) is 29.3 Å². The fourth-order valence-electron chi connectivity index (χ4n) is 6.05. The number of piperazine rings is 1. The number of hydrogen-bond donors (Lipinski definition) is 0. The Morgan fingerprint density at radius 3 is 2.12 bits per heavy atom. The molecule has 1 saturated carbocycles. The van der Waals surface area contributed by atoms with Crippen LogP contribution >= 0.6 is 0 Å². The van der Waals surface area contributed by atoms with E-state index in [-0.39, 0.29) is 0 Å². The van der Waals surface area contributed by atoms with Crippen LogP contribution < -0.4 is 0 Å². The third-order valence-electron chi connectivity index (χ3n) is 7.41. The van der Waals surface area contributed by atoms with Gasteiger partial charge in [-0.2, -0.15) is 0 Å². The fraction of sp³-hybridized carbons (Fsp3) is 1.00. The molecule has 4 rings (SSSR count). The first-order chi connectivity index (χ1) is 11.5. The zero-order valence-corrected chi connectivity index (χ0v) is 16.3. The molecule has 0 aromatic rings. The summed E-state index contributed by atoms with van der Waals surface area (Å²) in [5, 5.41) is 0. The Hall–Kier alpha value is -0.120. The molecule has 1 aliphatic carbocycles. The average Bonchev–Trinajstić information content (AvgIpc) is 3.23. The molecule has 24 heavy (non-hydrogen) atoms. The van der Waals surface area contributed by atoms with Gasteiger partial charge in [0.1, 0.15) is 0 Å². The molecule has 0 amide bonds. The normalized spacial score (nSPS) is 37.2. The monoisotopic (exact) mass is 333 g/mol. The second-order valence-corrected chi connectivity index (χ2v) is 10.1. The maximum Gasteiger partial charge on any atom is 0.0110 e. The van der Waals surface area contributed by atoms with Crippen LogP contribution in [0, 0.1) is 17.3 Å². The highest BCUT2D eigenvalue weighted by atomic mass is 15.3. The third kappa shape index (κ3) is 3.83. The molecule has 4 fully saturated rings. The molecule has 0 aromatic carbocycles. The summed E-state index contributed by atoms with van der Waals surface area (Å²) in [6.07, 6.45) is 10.4. The summed E-state index contributed by atoms with van der Waals surface area (Å²) in [6, 6.07) is 1.84. The van der Waals surface area contributed by atoms with E-state index in [1.165, 1.54) is 84.2 Å². The van der Waals surface area contributed by atoms with Crippen molar-refractivity contribution in [1.82, 2.24) is 14.7 Å². The van der Waals surface area contributed by atoms with E-state index >= 15 is 0 Å². The van der Waals surface area contributed by atoms with E-state index in [0.29, 0.717) is 0 Å². The van der Waals surface area contributed by atoms with E-state index in [1.807, 2.05) is 0 Å². The summed E-state index contributed by atoms with van der Waals surface area (Å²) in [5.41, 5.74) is 0.722. The molecule has 1 unspecified atom stereocenters. The smallest absolute Gasteiger partial charge is 0.0110 e. The van der Waals surface area contributed by atoms with Gasteiger partial charge >= 0.3 is 0 Å². The first-order valence-corrected chi connectivity index (χ1v) is 10.7. The number of rotatable bonds is 6. The highest BCUT2D eigenvalue weighted by molar-refractivity contribution is 5.03. The molecule has 0 radical (unpaired) electrons. The van der Waals surface area contributed by atoms with Crippen LogP contribution in [0.25, 0.3) is 0 Å². The molecular formula is C21H39N3. The van der Waals surface area contributed by atoms with Gasteiger partial charge in [-0.05, 0) is 69.2 Å². The second kappa shape index (κ2) is 6.89. The molecule has 3 aliphatic heterocycles. The number of hydrogen-bond acceptors (Lipinski definition) is 3. The van der Waals surface area contributed by atoms with Crippen molar-refractivity contribution in [3.63, 3.8) is 0 Å². The van der Waals surface area contributed by atoms with Crippen LogP contribution in [-0.4, -0.2) is 73.1 Å². The van der Waals surface area contributed by atoms with Crippen LogP contribution in [0.15, 0.2) is 0 Å². The first kappa shape index (κ1) is 17.3. The molecule has 3 saturated heterocycles. The zero-order valence-electron chi connectivity index (χ0n) is 16.3. The Balaban J connectivity index is 1.29. The lowest BCUT2D eigenvalue weighted by molar-refractivity contribution is 0.0524. The van der Waals surface area contributed by atoms with Gasteiger partial charge in [0.2, 0.25) is 0 Å².